The highest BCUT2D eigenvalue weighted by Gasteiger charge is 2.21. The maximum Gasteiger partial charge on any atom is 0.0595 e. The fourth-order valence-electron chi connectivity index (χ4n) is 2.25. The molecule has 16 heavy (non-hydrogen) atoms. The van der Waals surface area contributed by atoms with Crippen LogP contribution in [0.1, 0.15) is 25.7 Å². The summed E-state index contributed by atoms with van der Waals surface area (Å²) in [5.74, 6) is 0. The van der Waals surface area contributed by atoms with Crippen LogP contribution in [0.15, 0.2) is 12.2 Å². The van der Waals surface area contributed by atoms with Crippen LogP contribution in [-0.4, -0.2) is 50.3 Å². The van der Waals surface area contributed by atoms with E-state index in [1.807, 2.05) is 7.11 Å². The molecule has 1 N–H and O–H groups in total. The van der Waals surface area contributed by atoms with Gasteiger partial charge in [0.15, 0.2) is 0 Å². The van der Waals surface area contributed by atoms with Gasteiger partial charge in [0.25, 0.3) is 0 Å². The molecule has 0 spiro atoms. The first-order chi connectivity index (χ1) is 7.78. The molecular formula is C13H24N2O. The third kappa shape index (κ3) is 3.89. The van der Waals surface area contributed by atoms with E-state index in [0.29, 0.717) is 6.10 Å². The molecule has 1 heterocycles. The van der Waals surface area contributed by atoms with E-state index >= 15 is 0 Å². The molecule has 0 aromatic rings. The molecule has 0 aromatic carbocycles. The van der Waals surface area contributed by atoms with Gasteiger partial charge in [0.05, 0.1) is 6.10 Å². The molecule has 1 aliphatic carbocycles. The smallest absolute Gasteiger partial charge is 0.0595 e. The van der Waals surface area contributed by atoms with Crippen molar-refractivity contribution >= 4 is 0 Å². The largest absolute Gasteiger partial charge is 0.381 e. The zero-order valence-corrected chi connectivity index (χ0v) is 10.4. The molecule has 0 radical (unpaired) electrons. The van der Waals surface area contributed by atoms with E-state index < -0.39 is 0 Å². The van der Waals surface area contributed by atoms with E-state index in [9.17, 15) is 0 Å². The number of hydrogen-bond acceptors (Lipinski definition) is 3. The van der Waals surface area contributed by atoms with E-state index in [-0.39, 0.29) is 0 Å². The average molecular weight is 224 g/mol. The van der Waals surface area contributed by atoms with Crippen LogP contribution in [0.3, 0.4) is 0 Å². The van der Waals surface area contributed by atoms with Gasteiger partial charge in [-0.3, -0.25) is 4.90 Å². The molecule has 0 aromatic heterocycles. The Balaban J connectivity index is 1.59. The summed E-state index contributed by atoms with van der Waals surface area (Å²) in [6.45, 7) is 8.51. The molecule has 0 amide bonds. The van der Waals surface area contributed by atoms with Crippen LogP contribution in [0.4, 0.5) is 0 Å². The van der Waals surface area contributed by atoms with Crippen molar-refractivity contribution in [1.29, 1.82) is 0 Å². The van der Waals surface area contributed by atoms with Crippen LogP contribution >= 0.6 is 0 Å². The quantitative estimate of drug-likeness (QED) is 0.690. The molecule has 3 nitrogen and oxygen atoms in total. The van der Waals surface area contributed by atoms with Crippen molar-refractivity contribution in [2.24, 2.45) is 0 Å². The summed E-state index contributed by atoms with van der Waals surface area (Å²) < 4.78 is 5.37. The minimum absolute atomic E-state index is 0.481. The lowest BCUT2D eigenvalue weighted by Crippen LogP contribution is -2.38. The van der Waals surface area contributed by atoms with Gasteiger partial charge in [0.2, 0.25) is 0 Å². The second kappa shape index (κ2) is 5.80. The first kappa shape index (κ1) is 12.1. The van der Waals surface area contributed by atoms with Gasteiger partial charge in [0.1, 0.15) is 0 Å². The Labute approximate surface area is 98.8 Å². The number of nitrogens with one attached hydrogen (secondary N) is 1. The summed E-state index contributed by atoms with van der Waals surface area (Å²) in [6.07, 6.45) is 5.52. The molecule has 0 unspecified atom stereocenters. The van der Waals surface area contributed by atoms with Crippen molar-refractivity contribution in [1.82, 2.24) is 10.2 Å². The lowest BCUT2D eigenvalue weighted by atomic mass is 10.1. The van der Waals surface area contributed by atoms with Crippen molar-refractivity contribution in [3.05, 3.63) is 12.2 Å². The van der Waals surface area contributed by atoms with E-state index in [2.05, 4.69) is 16.8 Å². The number of methoxy groups -OCH3 is 1. The van der Waals surface area contributed by atoms with Crippen molar-refractivity contribution in [3.8, 4) is 0 Å². The minimum Gasteiger partial charge on any atom is -0.381 e. The Kier molecular flexibility index (Phi) is 4.38. The van der Waals surface area contributed by atoms with Crippen LogP contribution in [0.25, 0.3) is 0 Å². The van der Waals surface area contributed by atoms with Gasteiger partial charge in [-0.15, -0.1) is 0 Å². The standard InChI is InChI=1S/C13H24N2O/c1-11(9-14-12-3-4-12)10-15-7-5-13(16-2)6-8-15/h12-14H,1,3-10H2,2H3. The molecular weight excluding hydrogens is 200 g/mol. The highest BCUT2D eigenvalue weighted by atomic mass is 16.5. The maximum atomic E-state index is 5.37. The molecule has 2 fully saturated rings. The van der Waals surface area contributed by atoms with Crippen molar-refractivity contribution in [2.45, 2.75) is 37.8 Å². The Morgan fingerprint density at radius 1 is 1.31 bits per heavy atom. The van der Waals surface area contributed by atoms with Crippen LogP contribution in [0.5, 0.6) is 0 Å². The number of hydrogen-bond donors (Lipinski definition) is 1. The molecule has 2 aliphatic rings. The van der Waals surface area contributed by atoms with Gasteiger partial charge in [-0.2, -0.15) is 0 Å². The topological polar surface area (TPSA) is 24.5 Å². The summed E-state index contributed by atoms with van der Waals surface area (Å²) in [5, 5.41) is 3.51. The Morgan fingerprint density at radius 3 is 2.56 bits per heavy atom. The van der Waals surface area contributed by atoms with E-state index in [1.165, 1.54) is 31.3 Å². The number of piperidine rings is 1. The number of likely N-dealkylation sites (tertiary alicyclic amines) is 1. The number of rotatable bonds is 6. The zero-order chi connectivity index (χ0) is 11.4. The third-order valence-electron chi connectivity index (χ3n) is 3.53. The normalized spacial score (nSPS) is 23.6. The third-order valence-corrected chi connectivity index (χ3v) is 3.53. The van der Waals surface area contributed by atoms with E-state index in [1.54, 1.807) is 0 Å². The molecule has 3 heteroatoms. The monoisotopic (exact) mass is 224 g/mol. The average Bonchev–Trinajstić information content (AvgIpc) is 3.11. The van der Waals surface area contributed by atoms with Crippen LogP contribution in [0, 0.1) is 0 Å². The maximum absolute atomic E-state index is 5.37. The SMILES string of the molecule is C=C(CNC1CC1)CN1CCC(OC)CC1. The highest BCUT2D eigenvalue weighted by molar-refractivity contribution is 5.02. The molecule has 1 saturated heterocycles. The predicted octanol–water partition coefficient (Wildman–Crippen LogP) is 1.41. The highest BCUT2D eigenvalue weighted by Crippen LogP contribution is 2.19. The van der Waals surface area contributed by atoms with Gasteiger partial charge in [-0.25, -0.2) is 0 Å². The zero-order valence-electron chi connectivity index (χ0n) is 10.4. The van der Waals surface area contributed by atoms with Crippen molar-refractivity contribution < 1.29 is 4.74 Å². The second-order valence-electron chi connectivity index (χ2n) is 5.12. The lowest BCUT2D eigenvalue weighted by molar-refractivity contribution is 0.0437. The fourth-order valence-corrected chi connectivity index (χ4v) is 2.25. The molecule has 1 aliphatic heterocycles. The predicted molar refractivity (Wildman–Crippen MR) is 66.6 cm³/mol. The summed E-state index contributed by atoms with van der Waals surface area (Å²) in [4.78, 5) is 2.49. The Morgan fingerprint density at radius 2 is 2.00 bits per heavy atom. The van der Waals surface area contributed by atoms with Gasteiger partial charge in [-0.05, 0) is 31.3 Å². The van der Waals surface area contributed by atoms with Crippen molar-refractivity contribution in [2.75, 3.05) is 33.3 Å². The molecule has 0 atom stereocenters. The first-order valence-corrected chi connectivity index (χ1v) is 6.43. The summed E-state index contributed by atoms with van der Waals surface area (Å²) in [5.41, 5.74) is 1.32. The lowest BCUT2D eigenvalue weighted by Gasteiger charge is -2.31. The number of ether oxygens (including phenoxy) is 1. The summed E-state index contributed by atoms with van der Waals surface area (Å²) in [7, 11) is 1.82. The van der Waals surface area contributed by atoms with Crippen LogP contribution < -0.4 is 5.32 Å². The van der Waals surface area contributed by atoms with Crippen LogP contribution in [0.2, 0.25) is 0 Å². The molecule has 92 valence electrons. The van der Waals surface area contributed by atoms with E-state index in [4.69, 9.17) is 4.74 Å². The Bertz CT molecular complexity index is 230. The number of nitrogens with zero attached hydrogens (tertiary/aromatic N) is 1. The van der Waals surface area contributed by atoms with E-state index in [0.717, 1.165) is 32.2 Å². The molecule has 0 bridgehead atoms. The fraction of sp³-hybridized carbons (Fsp3) is 0.846. The second-order valence-corrected chi connectivity index (χ2v) is 5.12. The summed E-state index contributed by atoms with van der Waals surface area (Å²) in [6, 6.07) is 0.788. The first-order valence-electron chi connectivity index (χ1n) is 6.43. The molecule has 1 saturated carbocycles. The van der Waals surface area contributed by atoms with Gasteiger partial charge in [0, 0.05) is 39.3 Å². The van der Waals surface area contributed by atoms with Crippen LogP contribution in [-0.2, 0) is 4.74 Å². The van der Waals surface area contributed by atoms with Gasteiger partial charge >= 0.3 is 0 Å². The van der Waals surface area contributed by atoms with Gasteiger partial charge < -0.3 is 10.1 Å². The molecule has 2 rings (SSSR count). The Hall–Kier alpha value is -0.380. The minimum atomic E-state index is 0.481. The summed E-state index contributed by atoms with van der Waals surface area (Å²) >= 11 is 0. The van der Waals surface area contributed by atoms with Gasteiger partial charge in [-0.1, -0.05) is 6.58 Å². The van der Waals surface area contributed by atoms with Crippen molar-refractivity contribution in [3.63, 3.8) is 0 Å².